The van der Waals surface area contributed by atoms with Crippen LogP contribution in [0.15, 0.2) is 0 Å². The van der Waals surface area contributed by atoms with Crippen molar-refractivity contribution >= 4 is 0 Å². The monoisotopic (exact) mass is 198 g/mol. The van der Waals surface area contributed by atoms with E-state index in [2.05, 4.69) is 5.32 Å². The third kappa shape index (κ3) is 3.25. The number of hydrogen-bond acceptors (Lipinski definition) is 1. The number of nitrogens with two attached hydrogens (primary N) is 1. The van der Waals surface area contributed by atoms with Gasteiger partial charge >= 0.3 is 0 Å². The maximum atomic E-state index is 5.64. The molecule has 14 heavy (non-hydrogen) atoms. The molecule has 82 valence electrons. The van der Waals surface area contributed by atoms with Gasteiger partial charge in [0.15, 0.2) is 0 Å². The number of hydrogen-bond donors (Lipinski definition) is 1. The Morgan fingerprint density at radius 3 is 2.36 bits per heavy atom. The zero-order chi connectivity index (χ0) is 9.64. The predicted octanol–water partition coefficient (Wildman–Crippen LogP) is 1.45. The SMILES string of the molecule is C1CCCC([NH2+]C[C@H]2CCCO2)CC1. The minimum absolute atomic E-state index is 0.568. The van der Waals surface area contributed by atoms with Gasteiger partial charge in [0.1, 0.15) is 12.6 Å². The van der Waals surface area contributed by atoms with E-state index in [0.717, 1.165) is 12.6 Å². The molecule has 0 aromatic rings. The predicted molar refractivity (Wildman–Crippen MR) is 57.3 cm³/mol. The molecular weight excluding hydrogens is 174 g/mol. The van der Waals surface area contributed by atoms with Gasteiger partial charge in [-0.15, -0.1) is 0 Å². The zero-order valence-electron chi connectivity index (χ0n) is 9.21. The number of quaternary nitrogens is 1. The maximum Gasteiger partial charge on any atom is 0.106 e. The van der Waals surface area contributed by atoms with Crippen LogP contribution in [-0.4, -0.2) is 25.3 Å². The van der Waals surface area contributed by atoms with Crippen LogP contribution in [0.5, 0.6) is 0 Å². The molecule has 2 fully saturated rings. The molecular formula is C12H24NO+. The first kappa shape index (κ1) is 10.4. The van der Waals surface area contributed by atoms with E-state index in [1.807, 2.05) is 0 Å². The van der Waals surface area contributed by atoms with Gasteiger partial charge in [0.05, 0.1) is 6.04 Å². The molecule has 0 radical (unpaired) electrons. The fourth-order valence-electron chi connectivity index (χ4n) is 2.72. The van der Waals surface area contributed by atoms with E-state index >= 15 is 0 Å². The Balaban J connectivity index is 1.62. The highest BCUT2D eigenvalue weighted by molar-refractivity contribution is 4.65. The van der Waals surface area contributed by atoms with Gasteiger partial charge in [-0.2, -0.15) is 0 Å². The Kier molecular flexibility index (Phi) is 4.26. The minimum atomic E-state index is 0.568. The Hall–Kier alpha value is -0.0800. The Morgan fingerprint density at radius 1 is 0.929 bits per heavy atom. The number of rotatable bonds is 3. The fraction of sp³-hybridized carbons (Fsp3) is 1.00. The molecule has 1 aliphatic carbocycles. The maximum absolute atomic E-state index is 5.64. The van der Waals surface area contributed by atoms with E-state index in [-0.39, 0.29) is 0 Å². The van der Waals surface area contributed by atoms with Gasteiger partial charge in [0.25, 0.3) is 0 Å². The van der Waals surface area contributed by atoms with E-state index in [4.69, 9.17) is 4.74 Å². The van der Waals surface area contributed by atoms with Crippen LogP contribution in [0.1, 0.15) is 51.4 Å². The molecule has 1 saturated heterocycles. The van der Waals surface area contributed by atoms with Crippen molar-refractivity contribution in [3.63, 3.8) is 0 Å². The molecule has 2 aliphatic rings. The average Bonchev–Trinajstić information content (AvgIpc) is 2.58. The zero-order valence-corrected chi connectivity index (χ0v) is 9.21. The summed E-state index contributed by atoms with van der Waals surface area (Å²) in [6.07, 6.45) is 11.8. The van der Waals surface area contributed by atoms with Crippen molar-refractivity contribution in [3.05, 3.63) is 0 Å². The van der Waals surface area contributed by atoms with Crippen molar-refractivity contribution in [2.75, 3.05) is 13.2 Å². The van der Waals surface area contributed by atoms with E-state index in [9.17, 15) is 0 Å². The summed E-state index contributed by atoms with van der Waals surface area (Å²) in [5.74, 6) is 0. The van der Waals surface area contributed by atoms with Crippen LogP contribution in [-0.2, 0) is 4.74 Å². The third-order valence-electron chi connectivity index (χ3n) is 3.66. The average molecular weight is 198 g/mol. The molecule has 2 N–H and O–H groups in total. The van der Waals surface area contributed by atoms with Crippen LogP contribution in [0.25, 0.3) is 0 Å². The second-order valence-electron chi connectivity index (χ2n) is 4.86. The van der Waals surface area contributed by atoms with Crippen LogP contribution < -0.4 is 5.32 Å². The lowest BCUT2D eigenvalue weighted by Crippen LogP contribution is -2.91. The Labute approximate surface area is 87.4 Å². The molecule has 0 spiro atoms. The second-order valence-corrected chi connectivity index (χ2v) is 4.86. The lowest BCUT2D eigenvalue weighted by atomic mass is 10.1. The van der Waals surface area contributed by atoms with Crippen LogP contribution in [0, 0.1) is 0 Å². The summed E-state index contributed by atoms with van der Waals surface area (Å²) >= 11 is 0. The summed E-state index contributed by atoms with van der Waals surface area (Å²) in [7, 11) is 0. The molecule has 0 aromatic carbocycles. The molecule has 1 saturated carbocycles. The Morgan fingerprint density at radius 2 is 1.71 bits per heavy atom. The van der Waals surface area contributed by atoms with E-state index in [0.29, 0.717) is 6.10 Å². The molecule has 1 aliphatic heterocycles. The Bertz CT molecular complexity index is 146. The second kappa shape index (κ2) is 5.72. The summed E-state index contributed by atoms with van der Waals surface area (Å²) in [5, 5.41) is 2.56. The largest absolute Gasteiger partial charge is 0.372 e. The molecule has 2 heteroatoms. The van der Waals surface area contributed by atoms with Crippen LogP contribution >= 0.6 is 0 Å². The van der Waals surface area contributed by atoms with Crippen LogP contribution in [0.4, 0.5) is 0 Å². The van der Waals surface area contributed by atoms with Gasteiger partial charge in [-0.25, -0.2) is 0 Å². The quantitative estimate of drug-likeness (QED) is 0.682. The first-order chi connectivity index (χ1) is 6.95. The van der Waals surface area contributed by atoms with Gasteiger partial charge in [-0.05, 0) is 38.5 Å². The number of ether oxygens (including phenoxy) is 1. The molecule has 2 nitrogen and oxygen atoms in total. The van der Waals surface area contributed by atoms with Gasteiger partial charge in [0.2, 0.25) is 0 Å². The van der Waals surface area contributed by atoms with E-state index in [1.165, 1.54) is 57.9 Å². The highest BCUT2D eigenvalue weighted by Gasteiger charge is 2.20. The van der Waals surface area contributed by atoms with Crippen molar-refractivity contribution < 1.29 is 10.1 Å². The lowest BCUT2D eigenvalue weighted by molar-refractivity contribution is -0.695. The van der Waals surface area contributed by atoms with Gasteiger partial charge in [0, 0.05) is 6.61 Å². The summed E-state index contributed by atoms with van der Waals surface area (Å²) in [6, 6.07) is 0.904. The summed E-state index contributed by atoms with van der Waals surface area (Å²) in [4.78, 5) is 0. The molecule has 0 aromatic heterocycles. The molecule has 0 amide bonds. The highest BCUT2D eigenvalue weighted by Crippen LogP contribution is 2.15. The van der Waals surface area contributed by atoms with Crippen molar-refractivity contribution in [2.24, 2.45) is 0 Å². The van der Waals surface area contributed by atoms with Gasteiger partial charge < -0.3 is 10.1 Å². The van der Waals surface area contributed by atoms with E-state index < -0.39 is 0 Å². The smallest absolute Gasteiger partial charge is 0.106 e. The fourth-order valence-corrected chi connectivity index (χ4v) is 2.72. The van der Waals surface area contributed by atoms with Gasteiger partial charge in [-0.1, -0.05) is 12.8 Å². The third-order valence-corrected chi connectivity index (χ3v) is 3.66. The van der Waals surface area contributed by atoms with Crippen molar-refractivity contribution in [2.45, 2.75) is 63.5 Å². The normalized spacial score (nSPS) is 30.4. The summed E-state index contributed by atoms with van der Waals surface area (Å²) in [6.45, 7) is 2.22. The molecule has 1 heterocycles. The van der Waals surface area contributed by atoms with Crippen molar-refractivity contribution in [1.82, 2.24) is 0 Å². The standard InChI is InChI=1S/C12H23NO/c1-2-4-7-11(6-3-1)13-10-12-8-5-9-14-12/h11-13H,1-10H2/p+1/t12-/m1/s1. The van der Waals surface area contributed by atoms with Crippen LogP contribution in [0.2, 0.25) is 0 Å². The molecule has 1 atom stereocenters. The van der Waals surface area contributed by atoms with Crippen molar-refractivity contribution in [1.29, 1.82) is 0 Å². The van der Waals surface area contributed by atoms with E-state index in [1.54, 1.807) is 0 Å². The first-order valence-corrected chi connectivity index (χ1v) is 6.40. The molecule has 2 rings (SSSR count). The molecule has 0 unspecified atom stereocenters. The summed E-state index contributed by atoms with van der Waals surface area (Å²) < 4.78 is 5.64. The van der Waals surface area contributed by atoms with Crippen LogP contribution in [0.3, 0.4) is 0 Å². The summed E-state index contributed by atoms with van der Waals surface area (Å²) in [5.41, 5.74) is 0. The minimum Gasteiger partial charge on any atom is -0.372 e. The molecule has 0 bridgehead atoms. The van der Waals surface area contributed by atoms with Gasteiger partial charge in [-0.3, -0.25) is 0 Å². The lowest BCUT2D eigenvalue weighted by Gasteiger charge is -2.15. The first-order valence-electron chi connectivity index (χ1n) is 6.40. The van der Waals surface area contributed by atoms with Crippen molar-refractivity contribution in [3.8, 4) is 0 Å². The highest BCUT2D eigenvalue weighted by atomic mass is 16.5. The topological polar surface area (TPSA) is 25.8 Å².